The van der Waals surface area contributed by atoms with Crippen molar-refractivity contribution in [3.63, 3.8) is 0 Å². The summed E-state index contributed by atoms with van der Waals surface area (Å²) in [5.74, 6) is 0.413. The minimum atomic E-state index is -4.08. The number of aromatic nitrogens is 1. The van der Waals surface area contributed by atoms with Crippen molar-refractivity contribution >= 4 is 22.5 Å². The molecule has 1 aromatic carbocycles. The van der Waals surface area contributed by atoms with Gasteiger partial charge in [0, 0.05) is 24.0 Å². The minimum absolute atomic E-state index is 0.174. The van der Waals surface area contributed by atoms with E-state index >= 15 is 0 Å². The summed E-state index contributed by atoms with van der Waals surface area (Å²) in [6.07, 6.45) is -1.46. The van der Waals surface area contributed by atoms with Crippen LogP contribution in [-0.4, -0.2) is 23.7 Å². The Morgan fingerprint density at radius 1 is 1.38 bits per heavy atom. The monoisotopic (exact) mass is 338 g/mol. The molecule has 0 saturated heterocycles. The summed E-state index contributed by atoms with van der Waals surface area (Å²) in [6, 6.07) is 5.37. The van der Waals surface area contributed by atoms with Crippen molar-refractivity contribution in [2.24, 2.45) is 10.8 Å². The number of amides is 1. The fourth-order valence-electron chi connectivity index (χ4n) is 3.78. The predicted molar refractivity (Wildman–Crippen MR) is 82.9 cm³/mol. The van der Waals surface area contributed by atoms with Gasteiger partial charge < -0.3 is 15.0 Å². The molecule has 7 heteroatoms. The average Bonchev–Trinajstić information content (AvgIpc) is 3.25. The van der Waals surface area contributed by atoms with Crippen LogP contribution in [-0.2, 0) is 4.79 Å². The summed E-state index contributed by atoms with van der Waals surface area (Å²) in [7, 11) is 0. The number of hydrogen-bond donors (Lipinski definition) is 2. The zero-order chi connectivity index (χ0) is 17.2. The lowest BCUT2D eigenvalue weighted by Crippen LogP contribution is -2.16. The molecule has 0 aliphatic heterocycles. The molecule has 4 nitrogen and oxygen atoms in total. The van der Waals surface area contributed by atoms with Gasteiger partial charge >= 0.3 is 6.18 Å². The molecular weight excluding hydrogens is 321 g/mol. The topological polar surface area (TPSA) is 54.1 Å². The van der Waals surface area contributed by atoms with Crippen LogP contribution in [0.25, 0.3) is 10.9 Å². The number of rotatable bonds is 5. The highest BCUT2D eigenvalue weighted by Crippen LogP contribution is 2.92. The van der Waals surface area contributed by atoms with Gasteiger partial charge in [-0.2, -0.15) is 13.2 Å². The summed E-state index contributed by atoms with van der Waals surface area (Å²) >= 11 is 0. The molecule has 24 heavy (non-hydrogen) atoms. The Balaban J connectivity index is 1.40. The Hall–Kier alpha value is -2.18. The van der Waals surface area contributed by atoms with Gasteiger partial charge in [-0.25, -0.2) is 0 Å². The van der Waals surface area contributed by atoms with Crippen LogP contribution in [0.5, 0.6) is 5.75 Å². The molecule has 0 atom stereocenters. The molecule has 0 unspecified atom stereocenters. The summed E-state index contributed by atoms with van der Waals surface area (Å²) in [5.41, 5.74) is -0.468. The van der Waals surface area contributed by atoms with Gasteiger partial charge in [-0.1, -0.05) is 0 Å². The quantitative estimate of drug-likeness (QED) is 0.857. The SMILES string of the molecule is CC(=O)Nc1c[nH]c2ccc(OCCC34CC3(C(F)(F)F)C4)cc12. The number of carbonyl (C=O) groups is 1. The second kappa shape index (κ2) is 4.68. The molecule has 128 valence electrons. The van der Waals surface area contributed by atoms with Crippen molar-refractivity contribution in [2.75, 3.05) is 11.9 Å². The number of carbonyl (C=O) groups excluding carboxylic acids is 1. The van der Waals surface area contributed by atoms with Gasteiger partial charge in [-0.3, -0.25) is 4.79 Å². The number of ether oxygens (including phenoxy) is 1. The van der Waals surface area contributed by atoms with E-state index in [9.17, 15) is 18.0 Å². The van der Waals surface area contributed by atoms with Crippen molar-refractivity contribution in [3.8, 4) is 5.75 Å². The molecule has 2 N–H and O–H groups in total. The first-order chi connectivity index (χ1) is 11.3. The van der Waals surface area contributed by atoms with Crippen molar-refractivity contribution in [1.29, 1.82) is 0 Å². The van der Waals surface area contributed by atoms with Crippen molar-refractivity contribution < 1.29 is 22.7 Å². The van der Waals surface area contributed by atoms with Crippen LogP contribution in [0, 0.1) is 10.8 Å². The van der Waals surface area contributed by atoms with Gasteiger partial charge in [0.15, 0.2) is 0 Å². The molecule has 2 aliphatic carbocycles. The van der Waals surface area contributed by atoms with Crippen LogP contribution in [0.2, 0.25) is 0 Å². The van der Waals surface area contributed by atoms with Crippen LogP contribution in [0.1, 0.15) is 26.2 Å². The summed E-state index contributed by atoms with van der Waals surface area (Å²) in [6.45, 7) is 1.69. The normalized spacial score (nSPS) is 27.7. The van der Waals surface area contributed by atoms with Gasteiger partial charge in [-0.05, 0) is 42.9 Å². The molecule has 1 amide bonds. The maximum Gasteiger partial charge on any atom is 0.395 e. The zero-order valence-corrected chi connectivity index (χ0v) is 13.1. The first kappa shape index (κ1) is 15.4. The average molecular weight is 338 g/mol. The number of nitrogens with one attached hydrogen (secondary N) is 2. The third-order valence-corrected chi connectivity index (χ3v) is 5.40. The van der Waals surface area contributed by atoms with Gasteiger partial charge in [0.1, 0.15) is 5.75 Å². The van der Waals surface area contributed by atoms with E-state index in [1.807, 2.05) is 6.07 Å². The second-order valence-corrected chi connectivity index (χ2v) is 6.90. The van der Waals surface area contributed by atoms with Gasteiger partial charge in [0.2, 0.25) is 5.91 Å². The van der Waals surface area contributed by atoms with E-state index in [0.29, 0.717) is 17.9 Å². The third kappa shape index (κ3) is 2.17. The Morgan fingerprint density at radius 2 is 2.12 bits per heavy atom. The largest absolute Gasteiger partial charge is 0.494 e. The van der Waals surface area contributed by atoms with Crippen molar-refractivity contribution in [2.45, 2.75) is 32.4 Å². The Morgan fingerprint density at radius 3 is 2.75 bits per heavy atom. The fraction of sp³-hybridized carbons (Fsp3) is 0.471. The molecule has 2 aromatic rings. The molecule has 4 rings (SSSR count). The Kier molecular flexibility index (Phi) is 2.99. The fourth-order valence-corrected chi connectivity index (χ4v) is 3.78. The molecule has 1 aromatic heterocycles. The maximum absolute atomic E-state index is 12.9. The molecule has 2 aliphatic rings. The molecule has 1 heterocycles. The van der Waals surface area contributed by atoms with Gasteiger partial charge in [0.25, 0.3) is 0 Å². The molecule has 0 spiro atoms. The number of H-pyrrole nitrogens is 1. The Labute approximate surface area is 136 Å². The molecule has 0 bridgehead atoms. The van der Waals surface area contributed by atoms with E-state index in [-0.39, 0.29) is 25.4 Å². The lowest BCUT2D eigenvalue weighted by molar-refractivity contribution is -0.168. The number of anilines is 1. The molecule has 2 saturated carbocycles. The number of aromatic amines is 1. The maximum atomic E-state index is 12.9. The minimum Gasteiger partial charge on any atom is -0.494 e. The zero-order valence-electron chi connectivity index (χ0n) is 13.1. The Bertz CT molecular complexity index is 819. The van der Waals surface area contributed by atoms with Gasteiger partial charge in [0.05, 0.1) is 17.7 Å². The highest BCUT2D eigenvalue weighted by atomic mass is 19.4. The van der Waals surface area contributed by atoms with Crippen LogP contribution in [0.3, 0.4) is 0 Å². The van der Waals surface area contributed by atoms with Gasteiger partial charge in [-0.15, -0.1) is 0 Å². The van der Waals surface area contributed by atoms with E-state index in [2.05, 4.69) is 10.3 Å². The standard InChI is InChI=1S/C17H17F3N2O2/c1-10(23)22-14-7-21-13-3-2-11(6-12(13)14)24-5-4-15-8-16(15,9-15)17(18,19)20/h2-3,6-7,21H,4-5,8-9H2,1H3,(H,22,23). The highest BCUT2D eigenvalue weighted by Gasteiger charge is 2.92. The van der Waals surface area contributed by atoms with E-state index in [4.69, 9.17) is 4.74 Å². The smallest absolute Gasteiger partial charge is 0.395 e. The lowest BCUT2D eigenvalue weighted by atomic mass is 10.1. The number of fused-ring (bicyclic) bond motifs is 2. The number of halogens is 3. The summed E-state index contributed by atoms with van der Waals surface area (Å²) in [4.78, 5) is 14.2. The summed E-state index contributed by atoms with van der Waals surface area (Å²) in [5, 5.41) is 3.53. The van der Waals surface area contributed by atoms with E-state index in [0.717, 1.165) is 10.9 Å². The van der Waals surface area contributed by atoms with Crippen molar-refractivity contribution in [3.05, 3.63) is 24.4 Å². The van der Waals surface area contributed by atoms with E-state index in [1.54, 1.807) is 18.3 Å². The first-order valence-electron chi connectivity index (χ1n) is 7.85. The summed E-state index contributed by atoms with van der Waals surface area (Å²) < 4.78 is 44.3. The van der Waals surface area contributed by atoms with E-state index < -0.39 is 17.0 Å². The molecular formula is C17H17F3N2O2. The third-order valence-electron chi connectivity index (χ3n) is 5.40. The molecule has 0 radical (unpaired) electrons. The van der Waals surface area contributed by atoms with E-state index in [1.165, 1.54) is 6.92 Å². The predicted octanol–water partition coefficient (Wildman–Crippen LogP) is 4.24. The molecule has 2 fully saturated rings. The van der Waals surface area contributed by atoms with Crippen LogP contribution in [0.4, 0.5) is 18.9 Å². The van der Waals surface area contributed by atoms with Crippen molar-refractivity contribution in [1.82, 2.24) is 4.98 Å². The lowest BCUT2D eigenvalue weighted by Gasteiger charge is -2.08. The van der Waals surface area contributed by atoms with Crippen LogP contribution < -0.4 is 10.1 Å². The second-order valence-electron chi connectivity index (χ2n) is 6.90. The van der Waals surface area contributed by atoms with Crippen LogP contribution >= 0.6 is 0 Å². The first-order valence-corrected chi connectivity index (χ1v) is 7.85. The highest BCUT2D eigenvalue weighted by molar-refractivity contribution is 6.01. The number of benzene rings is 1. The number of alkyl halides is 3. The van der Waals surface area contributed by atoms with Crippen LogP contribution in [0.15, 0.2) is 24.4 Å². The number of hydrogen-bond acceptors (Lipinski definition) is 2.